The molecule has 1 aromatic carbocycles. The fourth-order valence-electron chi connectivity index (χ4n) is 4.65. The number of ketones is 1. The van der Waals surface area contributed by atoms with Crippen molar-refractivity contribution in [1.29, 1.82) is 0 Å². The summed E-state index contributed by atoms with van der Waals surface area (Å²) < 4.78 is 11.2. The molecule has 0 radical (unpaired) electrons. The normalized spacial score (nSPS) is 25.2. The maximum absolute atomic E-state index is 13.1. The number of Topliss-reactive ketones (excluding diaryl/α,β-unsaturated/α-hetero) is 1. The Hall–Kier alpha value is -2.68. The van der Waals surface area contributed by atoms with E-state index in [1.165, 1.54) is 11.3 Å². The van der Waals surface area contributed by atoms with Crippen molar-refractivity contribution in [1.82, 2.24) is 9.80 Å². The summed E-state index contributed by atoms with van der Waals surface area (Å²) in [5, 5.41) is 13.1. The second-order valence-electron chi connectivity index (χ2n) is 8.42. The average molecular weight is 455 g/mol. The van der Waals surface area contributed by atoms with Crippen molar-refractivity contribution < 1.29 is 24.2 Å². The highest BCUT2D eigenvalue weighted by atomic mass is 32.1. The zero-order chi connectivity index (χ0) is 22.2. The predicted molar refractivity (Wildman–Crippen MR) is 121 cm³/mol. The molecular formula is C24H26N2O5S. The van der Waals surface area contributed by atoms with Gasteiger partial charge in [-0.25, -0.2) is 0 Å². The average Bonchev–Trinajstić information content (AvgIpc) is 3.51. The zero-order valence-electron chi connectivity index (χ0n) is 18.0. The molecule has 0 bridgehead atoms. The molecule has 8 heteroatoms. The van der Waals surface area contributed by atoms with Crippen LogP contribution in [0.15, 0.2) is 41.3 Å². The Morgan fingerprint density at radius 1 is 1.19 bits per heavy atom. The van der Waals surface area contributed by atoms with Gasteiger partial charge in [0.1, 0.15) is 17.6 Å². The first kappa shape index (κ1) is 21.2. The Kier molecular flexibility index (Phi) is 5.75. The van der Waals surface area contributed by atoms with Gasteiger partial charge in [-0.3, -0.25) is 14.5 Å². The molecule has 3 aliphatic heterocycles. The molecule has 168 valence electrons. The number of fused-ring (bicyclic) bond motifs is 1. The van der Waals surface area contributed by atoms with Gasteiger partial charge >= 0.3 is 0 Å². The van der Waals surface area contributed by atoms with Gasteiger partial charge in [0, 0.05) is 43.0 Å². The number of ether oxygens (including phenoxy) is 2. The van der Waals surface area contributed by atoms with Crippen molar-refractivity contribution in [3.8, 4) is 5.75 Å². The van der Waals surface area contributed by atoms with Crippen LogP contribution >= 0.6 is 11.3 Å². The summed E-state index contributed by atoms with van der Waals surface area (Å²) in [6, 6.07) is 8.66. The van der Waals surface area contributed by atoms with Crippen molar-refractivity contribution in [2.45, 2.75) is 25.5 Å². The second kappa shape index (κ2) is 8.69. The molecule has 1 aromatic heterocycles. The van der Waals surface area contributed by atoms with Crippen molar-refractivity contribution in [2.24, 2.45) is 0 Å². The quantitative estimate of drug-likeness (QED) is 0.425. The Morgan fingerprint density at radius 3 is 2.75 bits per heavy atom. The lowest BCUT2D eigenvalue weighted by molar-refractivity contribution is -0.140. The predicted octanol–water partition coefficient (Wildman–Crippen LogP) is 2.83. The zero-order valence-corrected chi connectivity index (χ0v) is 18.8. The van der Waals surface area contributed by atoms with Crippen LogP contribution in [-0.4, -0.2) is 72.1 Å². The lowest BCUT2D eigenvalue weighted by atomic mass is 9.98. The third kappa shape index (κ3) is 3.83. The van der Waals surface area contributed by atoms with E-state index in [0.29, 0.717) is 31.9 Å². The number of nitrogens with zero attached hydrogens (tertiary/aromatic N) is 2. The summed E-state index contributed by atoms with van der Waals surface area (Å²) in [7, 11) is 0. The summed E-state index contributed by atoms with van der Waals surface area (Å²) in [5.74, 6) is -0.517. The molecule has 2 aromatic rings. The number of thiophene rings is 1. The standard InChI is InChI=1S/C24H26N2O5S/c1-15-13-17-14-16(4-5-18(17)31-15)22(27)20-21(19-3-2-12-32-19)26(24(29)23(20)28)7-6-25-8-10-30-11-9-25/h2-5,12,14-15,21,27H,6-11,13H2,1H3/t15-,21+/m0/s1. The molecule has 0 unspecified atom stereocenters. The molecule has 32 heavy (non-hydrogen) atoms. The molecule has 2 atom stereocenters. The van der Waals surface area contributed by atoms with Crippen LogP contribution in [0, 0.1) is 0 Å². The molecular weight excluding hydrogens is 428 g/mol. The number of likely N-dealkylation sites (tertiary alicyclic amines) is 1. The van der Waals surface area contributed by atoms with E-state index in [0.717, 1.165) is 35.7 Å². The molecule has 1 N–H and O–H groups in total. The first-order valence-corrected chi connectivity index (χ1v) is 11.8. The van der Waals surface area contributed by atoms with Gasteiger partial charge in [0.25, 0.3) is 11.7 Å². The van der Waals surface area contributed by atoms with E-state index in [1.54, 1.807) is 11.0 Å². The third-order valence-corrected chi connectivity index (χ3v) is 7.21. The van der Waals surface area contributed by atoms with Crippen LogP contribution in [-0.2, 0) is 20.7 Å². The van der Waals surface area contributed by atoms with Crippen LogP contribution in [0.1, 0.15) is 29.0 Å². The number of carbonyl (C=O) groups excluding carboxylic acids is 2. The van der Waals surface area contributed by atoms with E-state index in [1.807, 2.05) is 36.6 Å². The molecule has 0 aliphatic carbocycles. The number of aliphatic hydroxyl groups excluding tert-OH is 1. The van der Waals surface area contributed by atoms with Crippen molar-refractivity contribution in [2.75, 3.05) is 39.4 Å². The third-order valence-electron chi connectivity index (χ3n) is 6.28. The smallest absolute Gasteiger partial charge is 0.295 e. The lowest BCUT2D eigenvalue weighted by Crippen LogP contribution is -2.42. The molecule has 1 amide bonds. The minimum Gasteiger partial charge on any atom is -0.507 e. The molecule has 0 saturated carbocycles. The summed E-state index contributed by atoms with van der Waals surface area (Å²) in [6.07, 6.45) is 0.831. The minimum atomic E-state index is -0.631. The number of hydrogen-bond acceptors (Lipinski definition) is 7. The van der Waals surface area contributed by atoms with Gasteiger partial charge in [-0.15, -0.1) is 11.3 Å². The topological polar surface area (TPSA) is 79.3 Å². The minimum absolute atomic E-state index is 0.0827. The van der Waals surface area contributed by atoms with Crippen molar-refractivity contribution >= 4 is 28.8 Å². The lowest BCUT2D eigenvalue weighted by Gasteiger charge is -2.30. The van der Waals surface area contributed by atoms with Crippen LogP contribution in [0.3, 0.4) is 0 Å². The molecule has 2 saturated heterocycles. The summed E-state index contributed by atoms with van der Waals surface area (Å²) in [5.41, 5.74) is 1.69. The number of aliphatic hydroxyl groups is 1. The van der Waals surface area contributed by atoms with Gasteiger partial charge in [-0.1, -0.05) is 6.07 Å². The summed E-state index contributed by atoms with van der Waals surface area (Å²) >= 11 is 1.48. The van der Waals surface area contributed by atoms with Crippen LogP contribution in [0.25, 0.3) is 5.76 Å². The first-order chi connectivity index (χ1) is 15.5. The molecule has 7 nitrogen and oxygen atoms in total. The van der Waals surface area contributed by atoms with Gasteiger partial charge in [-0.2, -0.15) is 0 Å². The molecule has 4 heterocycles. The monoisotopic (exact) mass is 454 g/mol. The Morgan fingerprint density at radius 2 is 2.00 bits per heavy atom. The van der Waals surface area contributed by atoms with Crippen LogP contribution in [0.5, 0.6) is 5.75 Å². The van der Waals surface area contributed by atoms with Crippen LogP contribution < -0.4 is 4.74 Å². The fourth-order valence-corrected chi connectivity index (χ4v) is 5.50. The molecule has 2 fully saturated rings. The maximum atomic E-state index is 13.1. The molecule has 0 spiro atoms. The summed E-state index contributed by atoms with van der Waals surface area (Å²) in [4.78, 5) is 30.8. The Labute approximate surface area is 190 Å². The van der Waals surface area contributed by atoms with E-state index >= 15 is 0 Å². The SMILES string of the molecule is C[C@H]1Cc2cc(C(O)=C3C(=O)C(=O)N(CCN4CCOCC4)[C@@H]3c3cccs3)ccc2O1. The number of benzene rings is 1. The first-order valence-electron chi connectivity index (χ1n) is 10.9. The largest absolute Gasteiger partial charge is 0.507 e. The molecule has 3 aliphatic rings. The van der Waals surface area contributed by atoms with Crippen LogP contribution in [0.4, 0.5) is 0 Å². The summed E-state index contributed by atoms with van der Waals surface area (Å²) in [6.45, 7) is 6.04. The number of hydrogen-bond donors (Lipinski definition) is 1. The van der Waals surface area contributed by atoms with Gasteiger partial charge in [-0.05, 0) is 42.1 Å². The van der Waals surface area contributed by atoms with E-state index in [-0.39, 0.29) is 17.4 Å². The van der Waals surface area contributed by atoms with Gasteiger partial charge in [0.2, 0.25) is 0 Å². The Bertz CT molecular complexity index is 1060. The number of amides is 1. The highest BCUT2D eigenvalue weighted by Gasteiger charge is 2.46. The number of morpholine rings is 1. The van der Waals surface area contributed by atoms with Gasteiger partial charge in [0.15, 0.2) is 0 Å². The van der Waals surface area contributed by atoms with E-state index < -0.39 is 17.7 Å². The Balaban J connectivity index is 1.49. The van der Waals surface area contributed by atoms with E-state index in [9.17, 15) is 14.7 Å². The highest BCUT2D eigenvalue weighted by molar-refractivity contribution is 7.10. The number of rotatable bonds is 5. The van der Waals surface area contributed by atoms with E-state index in [2.05, 4.69) is 4.90 Å². The van der Waals surface area contributed by atoms with Gasteiger partial charge in [0.05, 0.1) is 24.8 Å². The van der Waals surface area contributed by atoms with Crippen LogP contribution in [0.2, 0.25) is 0 Å². The van der Waals surface area contributed by atoms with Crippen molar-refractivity contribution in [3.63, 3.8) is 0 Å². The molecule has 5 rings (SSSR count). The van der Waals surface area contributed by atoms with E-state index in [4.69, 9.17) is 9.47 Å². The number of carbonyl (C=O) groups is 2. The fraction of sp³-hybridized carbons (Fsp3) is 0.417. The highest BCUT2D eigenvalue weighted by Crippen LogP contribution is 2.41. The van der Waals surface area contributed by atoms with Crippen molar-refractivity contribution in [3.05, 3.63) is 57.3 Å². The maximum Gasteiger partial charge on any atom is 0.295 e. The van der Waals surface area contributed by atoms with Gasteiger partial charge < -0.3 is 19.5 Å². The second-order valence-corrected chi connectivity index (χ2v) is 9.40.